The van der Waals surface area contributed by atoms with Crippen LogP contribution in [0.25, 0.3) is 10.2 Å². The van der Waals surface area contributed by atoms with Gasteiger partial charge >= 0.3 is 0 Å². The molecule has 100 valence electrons. The third-order valence-electron chi connectivity index (χ3n) is 3.70. The molecule has 0 saturated heterocycles. The molecule has 0 unspecified atom stereocenters. The molecule has 0 spiro atoms. The van der Waals surface area contributed by atoms with Crippen molar-refractivity contribution in [1.82, 2.24) is 4.98 Å². The second-order valence-electron chi connectivity index (χ2n) is 4.93. The number of aromatic nitrogens is 1. The number of thiazole rings is 1. The highest BCUT2D eigenvalue weighted by Gasteiger charge is 2.21. The van der Waals surface area contributed by atoms with E-state index in [2.05, 4.69) is 35.2 Å². The van der Waals surface area contributed by atoms with Crippen LogP contribution in [0.4, 0.5) is 5.13 Å². The van der Waals surface area contributed by atoms with E-state index in [1.165, 1.54) is 15.8 Å². The van der Waals surface area contributed by atoms with Gasteiger partial charge in [0.25, 0.3) is 0 Å². The van der Waals surface area contributed by atoms with Crippen LogP contribution in [-0.4, -0.2) is 12.1 Å². The summed E-state index contributed by atoms with van der Waals surface area (Å²) < 4.78 is 6.57. The first-order chi connectivity index (χ1) is 9.85. The first-order valence-corrected chi connectivity index (χ1v) is 7.42. The Bertz CT molecular complexity index is 756. The van der Waals surface area contributed by atoms with Crippen LogP contribution in [0.15, 0.2) is 42.5 Å². The summed E-state index contributed by atoms with van der Waals surface area (Å²) in [6.45, 7) is 1.89. The van der Waals surface area contributed by atoms with Crippen molar-refractivity contribution >= 4 is 26.7 Å². The number of rotatable bonds is 2. The van der Waals surface area contributed by atoms with Crippen molar-refractivity contribution in [1.29, 1.82) is 0 Å². The van der Waals surface area contributed by atoms with Gasteiger partial charge in [0.15, 0.2) is 5.13 Å². The van der Waals surface area contributed by atoms with E-state index in [-0.39, 0.29) is 0 Å². The van der Waals surface area contributed by atoms with Crippen LogP contribution in [-0.2, 0) is 13.1 Å². The van der Waals surface area contributed by atoms with Crippen LogP contribution in [0.2, 0.25) is 0 Å². The number of ether oxygens (including phenoxy) is 1. The Morgan fingerprint density at radius 2 is 1.80 bits per heavy atom. The summed E-state index contributed by atoms with van der Waals surface area (Å²) in [5.41, 5.74) is 3.77. The minimum absolute atomic E-state index is 0.849. The maximum atomic E-state index is 5.39. The average Bonchev–Trinajstić information content (AvgIpc) is 3.09. The summed E-state index contributed by atoms with van der Waals surface area (Å²) in [5.74, 6) is 0.849. The normalized spacial score (nSPS) is 13.8. The van der Waals surface area contributed by atoms with Gasteiger partial charge < -0.3 is 9.64 Å². The van der Waals surface area contributed by atoms with Crippen LogP contribution >= 0.6 is 11.3 Å². The van der Waals surface area contributed by atoms with Crippen molar-refractivity contribution in [3.63, 3.8) is 0 Å². The van der Waals surface area contributed by atoms with E-state index < -0.39 is 0 Å². The molecule has 0 atom stereocenters. The van der Waals surface area contributed by atoms with Crippen LogP contribution < -0.4 is 9.64 Å². The molecule has 0 N–H and O–H groups in total. The predicted octanol–water partition coefficient (Wildman–Crippen LogP) is 3.83. The lowest BCUT2D eigenvalue weighted by molar-refractivity contribution is 0.419. The molecule has 0 saturated carbocycles. The van der Waals surface area contributed by atoms with E-state index >= 15 is 0 Å². The molecule has 1 aliphatic rings. The fourth-order valence-electron chi connectivity index (χ4n) is 2.68. The van der Waals surface area contributed by atoms with Gasteiger partial charge in [-0.15, -0.1) is 0 Å². The van der Waals surface area contributed by atoms with E-state index in [0.717, 1.165) is 29.5 Å². The lowest BCUT2D eigenvalue weighted by Crippen LogP contribution is -2.13. The van der Waals surface area contributed by atoms with Crippen LogP contribution in [0, 0.1) is 0 Å². The van der Waals surface area contributed by atoms with Gasteiger partial charge in [-0.2, -0.15) is 0 Å². The van der Waals surface area contributed by atoms with Crippen molar-refractivity contribution in [2.75, 3.05) is 12.0 Å². The van der Waals surface area contributed by atoms with E-state index in [1.54, 1.807) is 18.4 Å². The third-order valence-corrected chi connectivity index (χ3v) is 4.78. The quantitative estimate of drug-likeness (QED) is 0.714. The molecule has 2 aromatic carbocycles. The highest BCUT2D eigenvalue weighted by atomic mass is 32.1. The van der Waals surface area contributed by atoms with Gasteiger partial charge in [0.1, 0.15) is 11.3 Å². The topological polar surface area (TPSA) is 25.4 Å². The summed E-state index contributed by atoms with van der Waals surface area (Å²) >= 11 is 1.73. The highest BCUT2D eigenvalue weighted by Crippen LogP contribution is 2.37. The zero-order valence-corrected chi connectivity index (χ0v) is 12.0. The lowest BCUT2D eigenvalue weighted by Gasteiger charge is -2.12. The summed E-state index contributed by atoms with van der Waals surface area (Å²) in [6.07, 6.45) is 0. The zero-order valence-electron chi connectivity index (χ0n) is 11.2. The minimum Gasteiger partial charge on any atom is -0.494 e. The van der Waals surface area contributed by atoms with E-state index in [1.807, 2.05) is 12.1 Å². The predicted molar refractivity (Wildman–Crippen MR) is 82.5 cm³/mol. The van der Waals surface area contributed by atoms with Gasteiger partial charge in [-0.25, -0.2) is 4.98 Å². The SMILES string of the molecule is COc1cccc2sc(N3Cc4ccccc4C3)nc12. The molecule has 1 aliphatic heterocycles. The van der Waals surface area contributed by atoms with Crippen LogP contribution in [0.1, 0.15) is 11.1 Å². The van der Waals surface area contributed by atoms with Crippen LogP contribution in [0.3, 0.4) is 0 Å². The van der Waals surface area contributed by atoms with E-state index in [4.69, 9.17) is 9.72 Å². The molecule has 4 heteroatoms. The largest absolute Gasteiger partial charge is 0.494 e. The van der Waals surface area contributed by atoms with Gasteiger partial charge in [-0.1, -0.05) is 41.7 Å². The Morgan fingerprint density at radius 1 is 1.05 bits per heavy atom. The number of anilines is 1. The molecule has 0 amide bonds. The van der Waals surface area contributed by atoms with Crippen molar-refractivity contribution < 1.29 is 4.74 Å². The highest BCUT2D eigenvalue weighted by molar-refractivity contribution is 7.22. The van der Waals surface area contributed by atoms with Crippen molar-refractivity contribution in [2.24, 2.45) is 0 Å². The van der Waals surface area contributed by atoms with Gasteiger partial charge in [-0.3, -0.25) is 0 Å². The lowest BCUT2D eigenvalue weighted by atomic mass is 10.1. The van der Waals surface area contributed by atoms with Gasteiger partial charge in [-0.05, 0) is 23.3 Å². The second kappa shape index (κ2) is 4.49. The minimum atomic E-state index is 0.849. The molecule has 4 rings (SSSR count). The number of methoxy groups -OCH3 is 1. The standard InChI is InChI=1S/C16H14N2OS/c1-19-13-7-4-8-14-15(13)17-16(20-14)18-9-11-5-2-3-6-12(11)10-18/h2-8H,9-10H2,1H3. The smallest absolute Gasteiger partial charge is 0.187 e. The third kappa shape index (κ3) is 1.76. The first kappa shape index (κ1) is 11.7. The van der Waals surface area contributed by atoms with E-state index in [9.17, 15) is 0 Å². The monoisotopic (exact) mass is 282 g/mol. The molecule has 2 heterocycles. The summed E-state index contributed by atoms with van der Waals surface area (Å²) in [6, 6.07) is 14.7. The number of hydrogen-bond acceptors (Lipinski definition) is 4. The van der Waals surface area contributed by atoms with Gasteiger partial charge in [0.2, 0.25) is 0 Å². The maximum Gasteiger partial charge on any atom is 0.187 e. The molecule has 0 fully saturated rings. The number of para-hydroxylation sites is 1. The fourth-order valence-corrected chi connectivity index (χ4v) is 3.66. The van der Waals surface area contributed by atoms with Crippen LogP contribution in [0.5, 0.6) is 5.75 Å². The molecule has 3 nitrogen and oxygen atoms in total. The molecule has 20 heavy (non-hydrogen) atoms. The zero-order chi connectivity index (χ0) is 13.5. The summed E-state index contributed by atoms with van der Waals surface area (Å²) in [5, 5.41) is 1.07. The number of hydrogen-bond donors (Lipinski definition) is 0. The Labute approximate surface area is 121 Å². The molecule has 1 aromatic heterocycles. The Hall–Kier alpha value is -2.07. The van der Waals surface area contributed by atoms with Crippen molar-refractivity contribution in [3.8, 4) is 5.75 Å². The molecular weight excluding hydrogens is 268 g/mol. The van der Waals surface area contributed by atoms with Crippen molar-refractivity contribution in [3.05, 3.63) is 53.6 Å². The molecule has 0 radical (unpaired) electrons. The Balaban J connectivity index is 1.74. The van der Waals surface area contributed by atoms with Gasteiger partial charge in [0.05, 0.1) is 11.8 Å². The number of fused-ring (bicyclic) bond motifs is 2. The fraction of sp³-hybridized carbons (Fsp3) is 0.188. The first-order valence-electron chi connectivity index (χ1n) is 6.60. The summed E-state index contributed by atoms with van der Waals surface area (Å²) in [7, 11) is 1.69. The maximum absolute atomic E-state index is 5.39. The molecule has 0 bridgehead atoms. The summed E-state index contributed by atoms with van der Waals surface area (Å²) in [4.78, 5) is 7.10. The average molecular weight is 282 g/mol. The Morgan fingerprint density at radius 3 is 2.50 bits per heavy atom. The second-order valence-corrected chi connectivity index (χ2v) is 5.94. The van der Waals surface area contributed by atoms with Gasteiger partial charge in [0, 0.05) is 13.1 Å². The number of benzene rings is 2. The molecule has 3 aromatic rings. The molecule has 0 aliphatic carbocycles. The Kier molecular flexibility index (Phi) is 2.63. The van der Waals surface area contributed by atoms with Crippen molar-refractivity contribution in [2.45, 2.75) is 13.1 Å². The van der Waals surface area contributed by atoms with E-state index in [0.29, 0.717) is 0 Å². The molecular formula is C16H14N2OS. The number of nitrogens with zero attached hydrogens (tertiary/aromatic N) is 2.